The molecule has 2 aliphatic heterocycles. The van der Waals surface area contributed by atoms with E-state index in [0.29, 0.717) is 38.0 Å². The van der Waals surface area contributed by atoms with E-state index in [1.54, 1.807) is 4.90 Å². The van der Waals surface area contributed by atoms with Crippen molar-refractivity contribution in [2.24, 2.45) is 5.92 Å². The Balaban J connectivity index is 1.48. The van der Waals surface area contributed by atoms with Gasteiger partial charge in [0, 0.05) is 31.0 Å². The lowest BCUT2D eigenvalue weighted by atomic mass is 10.1. The molecule has 1 N–H and O–H groups in total. The molecule has 1 aromatic rings. The van der Waals surface area contributed by atoms with Crippen molar-refractivity contribution in [1.82, 2.24) is 14.9 Å². The number of carbonyl (C=O) groups excluding carboxylic acids is 1. The number of hydrogen-bond donors (Lipinski definition) is 1. The number of carbonyl (C=O) groups is 1. The van der Waals surface area contributed by atoms with Crippen LogP contribution in [0, 0.1) is 5.92 Å². The molecule has 1 aliphatic carbocycles. The van der Waals surface area contributed by atoms with Gasteiger partial charge in [-0.15, -0.1) is 0 Å². The molecular weight excluding hydrogens is 286 g/mol. The van der Waals surface area contributed by atoms with Gasteiger partial charge >= 0.3 is 0 Å². The maximum atomic E-state index is 12.6. The molecule has 3 fully saturated rings. The quantitative estimate of drug-likeness (QED) is 0.878. The van der Waals surface area contributed by atoms with E-state index in [1.165, 1.54) is 6.07 Å². The van der Waals surface area contributed by atoms with Crippen LogP contribution in [0.3, 0.4) is 0 Å². The second kappa shape index (κ2) is 5.48. The summed E-state index contributed by atoms with van der Waals surface area (Å²) >= 11 is 0. The number of amides is 1. The summed E-state index contributed by atoms with van der Waals surface area (Å²) in [5.74, 6) is 0.992. The molecule has 1 unspecified atom stereocenters. The molecule has 22 heavy (non-hydrogen) atoms. The molecule has 118 valence electrons. The summed E-state index contributed by atoms with van der Waals surface area (Å²) in [5, 5.41) is 0. The summed E-state index contributed by atoms with van der Waals surface area (Å²) in [6.07, 6.45) is 2.72. The average molecular weight is 305 g/mol. The topological polar surface area (TPSA) is 84.5 Å². The van der Waals surface area contributed by atoms with Crippen molar-refractivity contribution >= 4 is 5.91 Å². The molecule has 2 saturated heterocycles. The van der Waals surface area contributed by atoms with Crippen LogP contribution in [0.2, 0.25) is 0 Å². The zero-order valence-electron chi connectivity index (χ0n) is 12.3. The van der Waals surface area contributed by atoms with Crippen LogP contribution in [0.5, 0.6) is 0 Å². The van der Waals surface area contributed by atoms with Gasteiger partial charge in [-0.1, -0.05) is 0 Å². The second-order valence-corrected chi connectivity index (χ2v) is 6.20. The summed E-state index contributed by atoms with van der Waals surface area (Å²) in [6.45, 7) is 2.49. The molecule has 7 nitrogen and oxygen atoms in total. The Kier molecular flexibility index (Phi) is 3.46. The molecule has 1 saturated carbocycles. The minimum atomic E-state index is -0.251. The van der Waals surface area contributed by atoms with Gasteiger partial charge in [0.1, 0.15) is 11.5 Å². The highest BCUT2D eigenvalue weighted by molar-refractivity contribution is 5.92. The highest BCUT2D eigenvalue weighted by Crippen LogP contribution is 2.37. The lowest BCUT2D eigenvalue weighted by molar-refractivity contribution is -0.0793. The van der Waals surface area contributed by atoms with Gasteiger partial charge in [-0.2, -0.15) is 0 Å². The SMILES string of the molecule is O=C(c1cc(=O)[nH]c(C2CC2)n1)N1CCC(C2OCCO2)C1. The van der Waals surface area contributed by atoms with E-state index in [-0.39, 0.29) is 29.4 Å². The van der Waals surface area contributed by atoms with Crippen molar-refractivity contribution in [3.63, 3.8) is 0 Å². The first-order valence-electron chi connectivity index (χ1n) is 7.84. The van der Waals surface area contributed by atoms with E-state index >= 15 is 0 Å². The molecular formula is C15H19N3O4. The number of likely N-dealkylation sites (tertiary alicyclic amines) is 1. The molecule has 3 aliphatic rings. The molecule has 0 bridgehead atoms. The van der Waals surface area contributed by atoms with Crippen molar-refractivity contribution in [3.8, 4) is 0 Å². The molecule has 1 atom stereocenters. The van der Waals surface area contributed by atoms with Crippen LogP contribution in [0.4, 0.5) is 0 Å². The number of hydrogen-bond acceptors (Lipinski definition) is 5. The number of aromatic amines is 1. The fourth-order valence-electron chi connectivity index (χ4n) is 3.14. The predicted octanol–water partition coefficient (Wildman–Crippen LogP) is 0.482. The van der Waals surface area contributed by atoms with Crippen molar-refractivity contribution < 1.29 is 14.3 Å². The lowest BCUT2D eigenvalue weighted by Crippen LogP contribution is -2.33. The average Bonchev–Trinajstić information content (AvgIpc) is 3.01. The van der Waals surface area contributed by atoms with Gasteiger partial charge in [0.05, 0.1) is 13.2 Å². The number of rotatable bonds is 3. The van der Waals surface area contributed by atoms with Crippen molar-refractivity contribution in [2.45, 2.75) is 31.5 Å². The minimum Gasteiger partial charge on any atom is -0.350 e. The van der Waals surface area contributed by atoms with Gasteiger partial charge in [-0.25, -0.2) is 4.98 Å². The molecule has 0 aromatic carbocycles. The summed E-state index contributed by atoms with van der Waals surface area (Å²) in [6, 6.07) is 1.30. The van der Waals surface area contributed by atoms with Crippen LogP contribution < -0.4 is 5.56 Å². The lowest BCUT2D eigenvalue weighted by Gasteiger charge is -2.19. The van der Waals surface area contributed by atoms with Crippen molar-refractivity contribution in [3.05, 3.63) is 27.9 Å². The fourth-order valence-corrected chi connectivity index (χ4v) is 3.14. The number of nitrogens with one attached hydrogen (secondary N) is 1. The highest BCUT2D eigenvalue weighted by Gasteiger charge is 2.36. The first kappa shape index (κ1) is 13.9. The summed E-state index contributed by atoms with van der Waals surface area (Å²) in [7, 11) is 0. The largest absolute Gasteiger partial charge is 0.350 e. The Labute approximate surface area is 127 Å². The van der Waals surface area contributed by atoms with Gasteiger partial charge in [0.15, 0.2) is 6.29 Å². The summed E-state index contributed by atoms with van der Waals surface area (Å²) in [4.78, 5) is 33.1. The van der Waals surface area contributed by atoms with Crippen molar-refractivity contribution in [1.29, 1.82) is 0 Å². The van der Waals surface area contributed by atoms with Crippen LogP contribution in [-0.4, -0.2) is 53.4 Å². The molecule has 3 heterocycles. The van der Waals surface area contributed by atoms with Gasteiger partial charge in [-0.05, 0) is 19.3 Å². The van der Waals surface area contributed by atoms with Gasteiger partial charge in [0.2, 0.25) is 0 Å². The highest BCUT2D eigenvalue weighted by atomic mass is 16.7. The van der Waals surface area contributed by atoms with E-state index in [0.717, 1.165) is 19.3 Å². The Morgan fingerprint density at radius 3 is 2.77 bits per heavy atom. The zero-order valence-corrected chi connectivity index (χ0v) is 12.3. The molecule has 0 radical (unpaired) electrons. The Hall–Kier alpha value is -1.73. The van der Waals surface area contributed by atoms with E-state index in [2.05, 4.69) is 9.97 Å². The van der Waals surface area contributed by atoms with Gasteiger partial charge in [-0.3, -0.25) is 9.59 Å². The van der Waals surface area contributed by atoms with Gasteiger partial charge < -0.3 is 19.4 Å². The maximum Gasteiger partial charge on any atom is 0.272 e. The van der Waals surface area contributed by atoms with Crippen LogP contribution in [0.15, 0.2) is 10.9 Å². The normalized spacial score (nSPS) is 25.8. The molecule has 1 amide bonds. The number of H-pyrrole nitrogens is 1. The van der Waals surface area contributed by atoms with E-state index in [1.807, 2.05) is 0 Å². The van der Waals surface area contributed by atoms with Crippen molar-refractivity contribution in [2.75, 3.05) is 26.3 Å². The Morgan fingerprint density at radius 1 is 1.27 bits per heavy atom. The van der Waals surface area contributed by atoms with Crippen LogP contribution in [0.25, 0.3) is 0 Å². The van der Waals surface area contributed by atoms with Crippen LogP contribution >= 0.6 is 0 Å². The third-order valence-electron chi connectivity index (χ3n) is 4.49. The second-order valence-electron chi connectivity index (χ2n) is 6.20. The van der Waals surface area contributed by atoms with Gasteiger partial charge in [0.25, 0.3) is 11.5 Å². The Morgan fingerprint density at radius 2 is 2.05 bits per heavy atom. The van der Waals surface area contributed by atoms with E-state index in [9.17, 15) is 9.59 Å². The fraction of sp³-hybridized carbons (Fsp3) is 0.667. The van der Waals surface area contributed by atoms with E-state index in [4.69, 9.17) is 9.47 Å². The number of nitrogens with zero attached hydrogens (tertiary/aromatic N) is 2. The predicted molar refractivity (Wildman–Crippen MR) is 76.5 cm³/mol. The monoisotopic (exact) mass is 305 g/mol. The summed E-state index contributed by atoms with van der Waals surface area (Å²) in [5.41, 5.74) is -0.00184. The van der Waals surface area contributed by atoms with Crippen LogP contribution in [0.1, 0.15) is 41.5 Å². The molecule has 4 rings (SSSR count). The standard InChI is InChI=1S/C15H19N3O4/c19-12-7-11(16-13(17-12)9-1-2-9)14(20)18-4-3-10(8-18)15-21-5-6-22-15/h7,9-10,15H,1-6,8H2,(H,16,17,19). The zero-order chi connectivity index (χ0) is 15.1. The maximum absolute atomic E-state index is 12.6. The number of aromatic nitrogens is 2. The molecule has 0 spiro atoms. The van der Waals surface area contributed by atoms with E-state index < -0.39 is 0 Å². The number of ether oxygens (including phenoxy) is 2. The third kappa shape index (κ3) is 2.66. The Bertz CT molecular complexity index is 634. The molecule has 1 aromatic heterocycles. The summed E-state index contributed by atoms with van der Waals surface area (Å²) < 4.78 is 11.0. The first-order valence-corrected chi connectivity index (χ1v) is 7.84. The molecule has 7 heteroatoms. The third-order valence-corrected chi connectivity index (χ3v) is 4.49. The smallest absolute Gasteiger partial charge is 0.272 e. The minimum absolute atomic E-state index is 0.173. The first-order chi connectivity index (χ1) is 10.7. The van der Waals surface area contributed by atoms with Crippen LogP contribution in [-0.2, 0) is 9.47 Å².